The van der Waals surface area contributed by atoms with Crippen LogP contribution in [0.2, 0.25) is 0 Å². The van der Waals surface area contributed by atoms with Crippen LogP contribution in [0.1, 0.15) is 30.9 Å². The molecule has 1 fully saturated rings. The van der Waals surface area contributed by atoms with Crippen molar-refractivity contribution in [2.24, 2.45) is 0 Å². The lowest BCUT2D eigenvalue weighted by molar-refractivity contribution is -0.142. The topological polar surface area (TPSA) is 71.8 Å². The number of hydrogen-bond acceptors (Lipinski definition) is 6. The van der Waals surface area contributed by atoms with Gasteiger partial charge in [-0.1, -0.05) is 24.3 Å². The van der Waals surface area contributed by atoms with E-state index in [1.54, 1.807) is 0 Å². The van der Waals surface area contributed by atoms with Crippen molar-refractivity contribution in [1.82, 2.24) is 4.90 Å². The maximum absolute atomic E-state index is 11.5. The number of likely N-dealkylation sites (tertiary alicyclic amines) is 1. The number of nitrogens with zero attached hydrogens (tertiary/aromatic N) is 1. The standard InChI is InChI=1S/C23H28N2O4.2ClH/c1-2-27-23(26)15-18-3-9-21(10-4-18)29-22-11-13-25(14-12-22)16-19-5-7-20(8-6-19)28-17-24;;/h3-10,17,22,24H,2,11-16H2,1H3;2*1H. The molecule has 2 aromatic carbocycles. The first-order valence-electron chi connectivity index (χ1n) is 10.0. The van der Waals surface area contributed by atoms with Gasteiger partial charge in [-0.15, -0.1) is 24.8 Å². The van der Waals surface area contributed by atoms with Gasteiger partial charge in [0.1, 0.15) is 17.6 Å². The van der Waals surface area contributed by atoms with E-state index in [9.17, 15) is 4.79 Å². The SMILES string of the molecule is CCOC(=O)Cc1ccc(OC2CCN(Cc3ccc(OC=N)cc3)CC2)cc1.Cl.Cl. The van der Waals surface area contributed by atoms with Gasteiger partial charge in [0.25, 0.3) is 0 Å². The molecule has 0 unspecified atom stereocenters. The van der Waals surface area contributed by atoms with Gasteiger partial charge in [0.15, 0.2) is 6.40 Å². The van der Waals surface area contributed by atoms with Crippen LogP contribution in [-0.4, -0.2) is 43.1 Å². The fourth-order valence-electron chi connectivity index (χ4n) is 3.44. The number of rotatable bonds is 9. The second-order valence-electron chi connectivity index (χ2n) is 7.10. The second kappa shape index (κ2) is 13.9. The minimum atomic E-state index is -0.203. The van der Waals surface area contributed by atoms with Gasteiger partial charge in [0, 0.05) is 19.6 Å². The number of ether oxygens (including phenoxy) is 3. The molecule has 0 spiro atoms. The van der Waals surface area contributed by atoms with Crippen molar-refractivity contribution in [3.8, 4) is 11.5 Å². The summed E-state index contributed by atoms with van der Waals surface area (Å²) in [6.07, 6.45) is 3.42. The summed E-state index contributed by atoms with van der Waals surface area (Å²) in [4.78, 5) is 14.0. The molecule has 1 aliphatic rings. The first-order chi connectivity index (χ1) is 14.2. The molecule has 31 heavy (non-hydrogen) atoms. The van der Waals surface area contributed by atoms with Crippen molar-refractivity contribution in [3.05, 3.63) is 59.7 Å². The zero-order valence-corrected chi connectivity index (χ0v) is 19.3. The van der Waals surface area contributed by atoms with Crippen molar-refractivity contribution >= 4 is 37.2 Å². The number of carbonyl (C=O) groups is 1. The average Bonchev–Trinajstić information content (AvgIpc) is 2.73. The molecule has 0 radical (unpaired) electrons. The lowest BCUT2D eigenvalue weighted by Gasteiger charge is -2.32. The molecule has 0 atom stereocenters. The Hall–Kier alpha value is -2.28. The quantitative estimate of drug-likeness (QED) is 0.329. The van der Waals surface area contributed by atoms with Crippen LogP contribution in [0.4, 0.5) is 0 Å². The Balaban J connectivity index is 0.00000240. The molecule has 1 saturated heterocycles. The highest BCUT2D eigenvalue weighted by Gasteiger charge is 2.20. The third kappa shape index (κ3) is 8.77. The van der Waals surface area contributed by atoms with Gasteiger partial charge in [-0.3, -0.25) is 15.1 Å². The zero-order valence-electron chi connectivity index (χ0n) is 17.6. The summed E-state index contributed by atoms with van der Waals surface area (Å²) in [7, 11) is 0. The molecular formula is C23H30Cl2N2O4. The number of hydrogen-bond donors (Lipinski definition) is 1. The van der Waals surface area contributed by atoms with Crippen molar-refractivity contribution < 1.29 is 19.0 Å². The minimum Gasteiger partial charge on any atom is -0.490 e. The van der Waals surface area contributed by atoms with Crippen LogP contribution >= 0.6 is 24.8 Å². The van der Waals surface area contributed by atoms with E-state index in [1.807, 2.05) is 55.5 Å². The summed E-state index contributed by atoms with van der Waals surface area (Å²) < 4.78 is 16.1. The van der Waals surface area contributed by atoms with Gasteiger partial charge in [-0.05, 0) is 55.2 Å². The first-order valence-corrected chi connectivity index (χ1v) is 10.0. The number of nitrogens with one attached hydrogen (secondary N) is 1. The highest BCUT2D eigenvalue weighted by Crippen LogP contribution is 2.21. The van der Waals surface area contributed by atoms with E-state index in [0.717, 1.165) is 50.2 Å². The number of esters is 1. The number of carbonyl (C=O) groups excluding carboxylic acids is 1. The predicted molar refractivity (Wildman–Crippen MR) is 126 cm³/mol. The molecule has 1 aliphatic heterocycles. The van der Waals surface area contributed by atoms with Gasteiger partial charge in [-0.2, -0.15) is 0 Å². The van der Waals surface area contributed by atoms with E-state index in [-0.39, 0.29) is 36.9 Å². The van der Waals surface area contributed by atoms with Crippen LogP contribution in [0.3, 0.4) is 0 Å². The van der Waals surface area contributed by atoms with Crippen molar-refractivity contribution in [1.29, 1.82) is 5.41 Å². The van der Waals surface area contributed by atoms with Crippen molar-refractivity contribution in [2.75, 3.05) is 19.7 Å². The first kappa shape index (κ1) is 26.8. The Kier molecular flexibility index (Phi) is 12.0. The van der Waals surface area contributed by atoms with E-state index in [4.69, 9.17) is 19.6 Å². The second-order valence-corrected chi connectivity index (χ2v) is 7.10. The normalized spacial score (nSPS) is 14.0. The van der Waals surface area contributed by atoms with Crippen LogP contribution in [0, 0.1) is 5.41 Å². The third-order valence-corrected chi connectivity index (χ3v) is 4.94. The fraction of sp³-hybridized carbons (Fsp3) is 0.391. The molecule has 1 N–H and O–H groups in total. The Morgan fingerprint density at radius 1 is 1.00 bits per heavy atom. The maximum atomic E-state index is 11.5. The summed E-state index contributed by atoms with van der Waals surface area (Å²) in [6, 6.07) is 15.6. The summed E-state index contributed by atoms with van der Waals surface area (Å²) in [5.41, 5.74) is 2.17. The molecular weight excluding hydrogens is 439 g/mol. The van der Waals surface area contributed by atoms with Crippen LogP contribution in [0.25, 0.3) is 0 Å². The average molecular weight is 469 g/mol. The van der Waals surface area contributed by atoms with Crippen molar-refractivity contribution in [2.45, 2.75) is 38.8 Å². The molecule has 0 saturated carbocycles. The van der Waals surface area contributed by atoms with E-state index in [1.165, 1.54) is 5.56 Å². The third-order valence-electron chi connectivity index (χ3n) is 4.94. The summed E-state index contributed by atoms with van der Waals surface area (Å²) in [6.45, 7) is 5.10. The van der Waals surface area contributed by atoms with Crippen molar-refractivity contribution in [3.63, 3.8) is 0 Å². The van der Waals surface area contributed by atoms with Crippen LogP contribution in [-0.2, 0) is 22.5 Å². The monoisotopic (exact) mass is 468 g/mol. The molecule has 0 bridgehead atoms. The molecule has 8 heteroatoms. The van der Waals surface area contributed by atoms with Crippen LogP contribution in [0.5, 0.6) is 11.5 Å². The Bertz CT molecular complexity index is 792. The van der Waals surface area contributed by atoms with Gasteiger partial charge < -0.3 is 14.2 Å². The minimum absolute atomic E-state index is 0. The van der Waals surface area contributed by atoms with E-state index >= 15 is 0 Å². The summed E-state index contributed by atoms with van der Waals surface area (Å²) in [5, 5.41) is 6.97. The largest absolute Gasteiger partial charge is 0.490 e. The Morgan fingerprint density at radius 2 is 1.58 bits per heavy atom. The summed E-state index contributed by atoms with van der Waals surface area (Å²) in [5.74, 6) is 1.33. The number of halogens is 2. The highest BCUT2D eigenvalue weighted by molar-refractivity contribution is 5.85. The lowest BCUT2D eigenvalue weighted by Crippen LogP contribution is -2.37. The number of benzene rings is 2. The molecule has 2 aromatic rings. The van der Waals surface area contributed by atoms with Gasteiger partial charge >= 0.3 is 5.97 Å². The van der Waals surface area contributed by atoms with Crippen LogP contribution < -0.4 is 9.47 Å². The lowest BCUT2D eigenvalue weighted by atomic mass is 10.1. The van der Waals surface area contributed by atoms with Crippen LogP contribution in [0.15, 0.2) is 48.5 Å². The van der Waals surface area contributed by atoms with E-state index in [0.29, 0.717) is 18.8 Å². The molecule has 3 rings (SSSR count). The smallest absolute Gasteiger partial charge is 0.310 e. The molecule has 0 amide bonds. The van der Waals surface area contributed by atoms with E-state index < -0.39 is 0 Å². The Labute approximate surface area is 196 Å². The Morgan fingerprint density at radius 3 is 2.16 bits per heavy atom. The predicted octanol–water partition coefficient (Wildman–Crippen LogP) is 4.67. The highest BCUT2D eigenvalue weighted by atomic mass is 35.5. The van der Waals surface area contributed by atoms with Gasteiger partial charge in [-0.25, -0.2) is 0 Å². The number of piperidine rings is 1. The van der Waals surface area contributed by atoms with E-state index in [2.05, 4.69) is 4.90 Å². The molecule has 1 heterocycles. The molecule has 0 aliphatic carbocycles. The molecule has 6 nitrogen and oxygen atoms in total. The molecule has 170 valence electrons. The summed E-state index contributed by atoms with van der Waals surface area (Å²) >= 11 is 0. The molecule has 0 aromatic heterocycles. The zero-order chi connectivity index (χ0) is 20.5. The van der Waals surface area contributed by atoms with Gasteiger partial charge in [0.05, 0.1) is 13.0 Å². The van der Waals surface area contributed by atoms with Gasteiger partial charge in [0.2, 0.25) is 0 Å². The fourth-order valence-corrected chi connectivity index (χ4v) is 3.44. The maximum Gasteiger partial charge on any atom is 0.310 e.